The smallest absolute Gasteiger partial charge is 0.274 e. The fraction of sp³-hybridized carbons (Fsp3) is 0.409. The Balaban J connectivity index is 1.99. The van der Waals surface area contributed by atoms with Crippen molar-refractivity contribution in [1.29, 1.82) is 0 Å². The molecule has 0 fully saturated rings. The molecule has 0 unspecified atom stereocenters. The molecule has 0 saturated carbocycles. The molecule has 0 radical (unpaired) electrons. The summed E-state index contributed by atoms with van der Waals surface area (Å²) in [6.07, 6.45) is 4.62. The number of unbranched alkanes of at least 4 members (excludes halogenated alkanes) is 2. The summed E-state index contributed by atoms with van der Waals surface area (Å²) < 4.78 is 0. The van der Waals surface area contributed by atoms with Gasteiger partial charge in [-0.15, -0.1) is 0 Å². The van der Waals surface area contributed by atoms with E-state index in [0.29, 0.717) is 17.8 Å². The van der Waals surface area contributed by atoms with Crippen LogP contribution in [-0.4, -0.2) is 36.4 Å². The van der Waals surface area contributed by atoms with Gasteiger partial charge in [-0.1, -0.05) is 19.8 Å². The fourth-order valence-corrected chi connectivity index (χ4v) is 2.91. The van der Waals surface area contributed by atoms with Gasteiger partial charge < -0.3 is 15.5 Å². The Bertz CT molecular complexity index is 770. The van der Waals surface area contributed by atoms with Crippen molar-refractivity contribution in [2.45, 2.75) is 40.0 Å². The summed E-state index contributed by atoms with van der Waals surface area (Å²) in [6.45, 7) is 8.83. The number of anilines is 2. The number of aromatic nitrogens is 1. The highest BCUT2D eigenvalue weighted by Crippen LogP contribution is 2.18. The zero-order valence-corrected chi connectivity index (χ0v) is 17.0. The number of hydrogen-bond acceptors (Lipinski definition) is 4. The van der Waals surface area contributed by atoms with E-state index in [1.165, 1.54) is 12.3 Å². The molecule has 1 heterocycles. The predicted octanol–water partition coefficient (Wildman–Crippen LogP) is 4.10. The summed E-state index contributed by atoms with van der Waals surface area (Å²) in [5, 5.41) is 5.71. The number of carbonyl (C=O) groups is 2. The Morgan fingerprint density at radius 3 is 2.32 bits per heavy atom. The molecule has 0 saturated heterocycles. The third-order valence-corrected chi connectivity index (χ3v) is 4.57. The quantitative estimate of drug-likeness (QED) is 0.607. The number of pyridine rings is 1. The molecular formula is C22H30N4O2. The predicted molar refractivity (Wildman–Crippen MR) is 114 cm³/mol. The van der Waals surface area contributed by atoms with Crippen molar-refractivity contribution in [3.8, 4) is 0 Å². The molecule has 0 aliphatic carbocycles. The molecule has 2 aromatic rings. The lowest BCUT2D eigenvalue weighted by molar-refractivity contribution is 0.0953. The highest BCUT2D eigenvalue weighted by atomic mass is 16.2. The van der Waals surface area contributed by atoms with E-state index in [4.69, 9.17) is 0 Å². The van der Waals surface area contributed by atoms with E-state index < -0.39 is 0 Å². The van der Waals surface area contributed by atoms with Gasteiger partial charge in [0.1, 0.15) is 5.69 Å². The summed E-state index contributed by atoms with van der Waals surface area (Å²) in [4.78, 5) is 31.1. The van der Waals surface area contributed by atoms with Crippen LogP contribution in [0.1, 0.15) is 60.9 Å². The molecular weight excluding hydrogens is 352 g/mol. The van der Waals surface area contributed by atoms with E-state index >= 15 is 0 Å². The van der Waals surface area contributed by atoms with Crippen molar-refractivity contribution < 1.29 is 9.59 Å². The maximum absolute atomic E-state index is 12.5. The summed E-state index contributed by atoms with van der Waals surface area (Å²) >= 11 is 0. The molecule has 0 aliphatic heterocycles. The minimum Gasteiger partial charge on any atom is -0.372 e. The molecule has 6 heteroatoms. The van der Waals surface area contributed by atoms with Crippen LogP contribution in [0.3, 0.4) is 0 Å². The van der Waals surface area contributed by atoms with Crippen LogP contribution in [0.25, 0.3) is 0 Å². The molecule has 2 N–H and O–H groups in total. The zero-order valence-electron chi connectivity index (χ0n) is 17.0. The second kappa shape index (κ2) is 11.1. The summed E-state index contributed by atoms with van der Waals surface area (Å²) in [5.41, 5.74) is 2.46. The number of carbonyl (C=O) groups excluding carboxylic acids is 2. The van der Waals surface area contributed by atoms with Gasteiger partial charge in [0.05, 0.1) is 0 Å². The Morgan fingerprint density at radius 2 is 1.68 bits per heavy atom. The molecule has 28 heavy (non-hydrogen) atoms. The molecule has 150 valence electrons. The Hall–Kier alpha value is -2.89. The molecule has 6 nitrogen and oxygen atoms in total. The highest BCUT2D eigenvalue weighted by Gasteiger charge is 2.12. The van der Waals surface area contributed by atoms with Gasteiger partial charge in [0, 0.05) is 42.8 Å². The van der Waals surface area contributed by atoms with Crippen LogP contribution in [0.15, 0.2) is 42.6 Å². The van der Waals surface area contributed by atoms with Crippen LogP contribution in [0.4, 0.5) is 11.4 Å². The van der Waals surface area contributed by atoms with Gasteiger partial charge in [-0.05, 0) is 56.7 Å². The maximum Gasteiger partial charge on any atom is 0.274 e. The lowest BCUT2D eigenvalue weighted by Crippen LogP contribution is -2.25. The van der Waals surface area contributed by atoms with E-state index in [9.17, 15) is 9.59 Å². The SMILES string of the molecule is CCCCCNC(=O)c1ccnc(C(=O)Nc2ccc(N(CC)CC)cc2)c1. The van der Waals surface area contributed by atoms with Gasteiger partial charge in [0.25, 0.3) is 11.8 Å². The van der Waals surface area contributed by atoms with Gasteiger partial charge in [-0.2, -0.15) is 0 Å². The van der Waals surface area contributed by atoms with Crippen molar-refractivity contribution in [3.63, 3.8) is 0 Å². The normalized spacial score (nSPS) is 10.4. The van der Waals surface area contributed by atoms with Gasteiger partial charge in [0.15, 0.2) is 0 Å². The summed E-state index contributed by atoms with van der Waals surface area (Å²) in [6, 6.07) is 10.8. The average molecular weight is 383 g/mol. The van der Waals surface area contributed by atoms with E-state index in [-0.39, 0.29) is 17.5 Å². The first kappa shape index (κ1) is 21.4. The molecule has 2 amide bonds. The number of nitrogens with one attached hydrogen (secondary N) is 2. The van der Waals surface area contributed by atoms with Crippen LogP contribution in [-0.2, 0) is 0 Å². The van der Waals surface area contributed by atoms with Crippen molar-refractivity contribution in [1.82, 2.24) is 10.3 Å². The third-order valence-electron chi connectivity index (χ3n) is 4.57. The highest BCUT2D eigenvalue weighted by molar-refractivity contribution is 6.04. The first-order valence-corrected chi connectivity index (χ1v) is 9.99. The van der Waals surface area contributed by atoms with Crippen molar-refractivity contribution in [2.24, 2.45) is 0 Å². The van der Waals surface area contributed by atoms with Crippen LogP contribution < -0.4 is 15.5 Å². The number of amides is 2. The number of nitrogens with zero attached hydrogens (tertiary/aromatic N) is 2. The Kier molecular flexibility index (Phi) is 8.46. The molecule has 1 aromatic heterocycles. The van der Waals surface area contributed by atoms with Gasteiger partial charge in [-0.3, -0.25) is 14.6 Å². The van der Waals surface area contributed by atoms with Crippen molar-refractivity contribution in [3.05, 3.63) is 53.9 Å². The minimum atomic E-state index is -0.337. The van der Waals surface area contributed by atoms with E-state index in [1.54, 1.807) is 6.07 Å². The van der Waals surface area contributed by atoms with Gasteiger partial charge >= 0.3 is 0 Å². The molecule has 0 aliphatic rings. The Morgan fingerprint density at radius 1 is 0.964 bits per heavy atom. The van der Waals surface area contributed by atoms with Gasteiger partial charge in [-0.25, -0.2) is 0 Å². The second-order valence-corrected chi connectivity index (χ2v) is 6.57. The average Bonchev–Trinajstić information content (AvgIpc) is 2.73. The van der Waals surface area contributed by atoms with Crippen LogP contribution in [0.5, 0.6) is 0 Å². The van der Waals surface area contributed by atoms with Crippen LogP contribution >= 0.6 is 0 Å². The molecule has 2 rings (SSSR count). The molecule has 0 atom stereocenters. The molecule has 0 spiro atoms. The van der Waals surface area contributed by atoms with E-state index in [0.717, 1.165) is 38.0 Å². The van der Waals surface area contributed by atoms with E-state index in [1.807, 2.05) is 24.3 Å². The second-order valence-electron chi connectivity index (χ2n) is 6.57. The number of rotatable bonds is 10. The standard InChI is InChI=1S/C22H30N4O2/c1-4-7-8-14-24-21(27)17-13-15-23-20(16-17)22(28)25-18-9-11-19(12-10-18)26(5-2)6-3/h9-13,15-16H,4-8,14H2,1-3H3,(H,24,27)(H,25,28). The lowest BCUT2D eigenvalue weighted by Gasteiger charge is -2.21. The summed E-state index contributed by atoms with van der Waals surface area (Å²) in [7, 11) is 0. The summed E-state index contributed by atoms with van der Waals surface area (Å²) in [5.74, 6) is -0.521. The zero-order chi connectivity index (χ0) is 20.4. The molecule has 1 aromatic carbocycles. The molecule has 0 bridgehead atoms. The minimum absolute atomic E-state index is 0.184. The Labute approximate surface area is 167 Å². The first-order valence-electron chi connectivity index (χ1n) is 9.99. The topological polar surface area (TPSA) is 74.3 Å². The van der Waals surface area contributed by atoms with Crippen LogP contribution in [0.2, 0.25) is 0 Å². The first-order chi connectivity index (χ1) is 13.6. The lowest BCUT2D eigenvalue weighted by atomic mass is 10.2. The maximum atomic E-state index is 12.5. The van der Waals surface area contributed by atoms with E-state index in [2.05, 4.69) is 41.3 Å². The number of hydrogen-bond donors (Lipinski definition) is 2. The van der Waals surface area contributed by atoms with Crippen LogP contribution in [0, 0.1) is 0 Å². The number of benzene rings is 1. The largest absolute Gasteiger partial charge is 0.372 e. The fourth-order valence-electron chi connectivity index (χ4n) is 2.91. The van der Waals surface area contributed by atoms with Crippen molar-refractivity contribution >= 4 is 23.2 Å². The monoisotopic (exact) mass is 382 g/mol. The third kappa shape index (κ3) is 6.08. The van der Waals surface area contributed by atoms with Gasteiger partial charge in [0.2, 0.25) is 0 Å². The van der Waals surface area contributed by atoms with Crippen molar-refractivity contribution in [2.75, 3.05) is 29.9 Å².